The third-order valence-electron chi connectivity index (χ3n) is 4.67. The lowest BCUT2D eigenvalue weighted by Crippen LogP contribution is -2.22. The average molecular weight is 421 g/mol. The first-order valence-corrected chi connectivity index (χ1v) is 10.0. The van der Waals surface area contributed by atoms with E-state index in [1.807, 2.05) is 37.3 Å². The number of esters is 1. The number of carbonyl (C=O) groups excluding carboxylic acids is 2. The molecular weight excluding hydrogens is 402 g/mol. The van der Waals surface area contributed by atoms with Crippen LogP contribution in [0.5, 0.6) is 5.75 Å². The van der Waals surface area contributed by atoms with Crippen molar-refractivity contribution < 1.29 is 19.1 Å². The van der Waals surface area contributed by atoms with Crippen LogP contribution in [0.2, 0.25) is 0 Å². The second kappa shape index (κ2) is 8.08. The quantitative estimate of drug-likeness (QED) is 0.471. The van der Waals surface area contributed by atoms with Crippen LogP contribution in [-0.4, -0.2) is 35.6 Å². The molecule has 30 heavy (non-hydrogen) atoms. The van der Waals surface area contributed by atoms with Crippen molar-refractivity contribution in [2.75, 3.05) is 14.2 Å². The van der Waals surface area contributed by atoms with Crippen LogP contribution in [0, 0.1) is 6.92 Å². The average Bonchev–Trinajstić information content (AvgIpc) is 3.10. The summed E-state index contributed by atoms with van der Waals surface area (Å²) >= 11 is 1.31. The Bertz CT molecular complexity index is 1350. The van der Waals surface area contributed by atoms with E-state index in [-0.39, 0.29) is 6.54 Å². The summed E-state index contributed by atoms with van der Waals surface area (Å²) in [6.45, 7) is 1.84. The topological polar surface area (TPSA) is 82.8 Å². The minimum absolute atomic E-state index is 0.0795. The first-order valence-electron chi connectivity index (χ1n) is 9.20. The summed E-state index contributed by atoms with van der Waals surface area (Å²) in [6, 6.07) is 14.7. The van der Waals surface area contributed by atoms with Crippen LogP contribution in [0.1, 0.15) is 16.1 Å². The minimum atomic E-state index is -0.443. The number of thiazole rings is 1. The van der Waals surface area contributed by atoms with E-state index in [0.29, 0.717) is 21.6 Å². The van der Waals surface area contributed by atoms with Gasteiger partial charge in [-0.05, 0) is 43.3 Å². The molecule has 0 bridgehead atoms. The lowest BCUT2D eigenvalue weighted by atomic mass is 10.1. The van der Waals surface area contributed by atoms with E-state index in [1.54, 1.807) is 29.9 Å². The van der Waals surface area contributed by atoms with Crippen LogP contribution >= 0.6 is 11.3 Å². The van der Waals surface area contributed by atoms with Gasteiger partial charge in [-0.3, -0.25) is 14.6 Å². The lowest BCUT2D eigenvalue weighted by Gasteiger charge is -2.07. The van der Waals surface area contributed by atoms with Gasteiger partial charge in [-0.25, -0.2) is 0 Å². The molecule has 0 radical (unpaired) electrons. The van der Waals surface area contributed by atoms with Crippen molar-refractivity contribution in [1.82, 2.24) is 9.55 Å². The first-order chi connectivity index (χ1) is 14.5. The molecule has 0 N–H and O–H groups in total. The van der Waals surface area contributed by atoms with Gasteiger partial charge < -0.3 is 14.0 Å². The molecule has 0 aliphatic heterocycles. The highest BCUT2D eigenvalue weighted by Crippen LogP contribution is 2.27. The fourth-order valence-corrected chi connectivity index (χ4v) is 4.25. The largest absolute Gasteiger partial charge is 0.495 e. The van der Waals surface area contributed by atoms with Crippen LogP contribution in [0.15, 0.2) is 53.5 Å². The molecule has 0 saturated carbocycles. The number of nitrogens with zero attached hydrogens (tertiary/aromatic N) is 3. The maximum Gasteiger partial charge on any atom is 0.325 e. The molecule has 8 heteroatoms. The molecule has 4 aromatic rings. The molecule has 152 valence electrons. The predicted molar refractivity (Wildman–Crippen MR) is 115 cm³/mol. The van der Waals surface area contributed by atoms with Crippen LogP contribution in [0.3, 0.4) is 0 Å². The summed E-state index contributed by atoms with van der Waals surface area (Å²) in [5, 5.41) is 0.863. The number of hydrogen-bond acceptors (Lipinski definition) is 6. The SMILES string of the molecule is COC(=O)Cn1c(=NC(=O)c2ccc3nc(C)ccc3c2)sc2cccc(OC)c21. The Kier molecular flexibility index (Phi) is 5.33. The second-order valence-electron chi connectivity index (χ2n) is 6.63. The number of aromatic nitrogens is 2. The van der Waals surface area contributed by atoms with Crippen molar-refractivity contribution in [3.05, 3.63) is 64.6 Å². The molecule has 4 rings (SSSR count). The summed E-state index contributed by atoms with van der Waals surface area (Å²) in [6.07, 6.45) is 0. The summed E-state index contributed by atoms with van der Waals surface area (Å²) in [5.41, 5.74) is 2.87. The van der Waals surface area contributed by atoms with Crippen LogP contribution < -0.4 is 9.54 Å². The maximum absolute atomic E-state index is 12.9. The van der Waals surface area contributed by atoms with Gasteiger partial charge in [-0.2, -0.15) is 4.99 Å². The van der Waals surface area contributed by atoms with Gasteiger partial charge in [0.2, 0.25) is 0 Å². The third-order valence-corrected chi connectivity index (χ3v) is 5.72. The maximum atomic E-state index is 12.9. The Labute approximate surface area is 176 Å². The number of rotatable bonds is 4. The number of benzene rings is 2. The van der Waals surface area contributed by atoms with E-state index in [9.17, 15) is 9.59 Å². The molecule has 0 aliphatic carbocycles. The van der Waals surface area contributed by atoms with Gasteiger partial charge in [0, 0.05) is 16.6 Å². The zero-order valence-corrected chi connectivity index (χ0v) is 17.5. The highest BCUT2D eigenvalue weighted by molar-refractivity contribution is 7.16. The van der Waals surface area contributed by atoms with E-state index in [2.05, 4.69) is 9.98 Å². The lowest BCUT2D eigenvalue weighted by molar-refractivity contribution is -0.141. The fourth-order valence-electron chi connectivity index (χ4n) is 3.20. The van der Waals surface area contributed by atoms with Crippen molar-refractivity contribution in [2.24, 2.45) is 4.99 Å². The number of ether oxygens (including phenoxy) is 2. The number of hydrogen-bond donors (Lipinski definition) is 0. The Hall–Kier alpha value is -3.52. The molecule has 2 aromatic heterocycles. The number of carbonyl (C=O) groups is 2. The van der Waals surface area contributed by atoms with Gasteiger partial charge in [-0.15, -0.1) is 0 Å². The van der Waals surface area contributed by atoms with Gasteiger partial charge in [0.1, 0.15) is 17.8 Å². The highest BCUT2D eigenvalue weighted by Gasteiger charge is 2.16. The van der Waals surface area contributed by atoms with Gasteiger partial charge in [0.25, 0.3) is 5.91 Å². The van der Waals surface area contributed by atoms with Gasteiger partial charge in [0.05, 0.1) is 24.4 Å². The van der Waals surface area contributed by atoms with Crippen LogP contribution in [0.4, 0.5) is 0 Å². The number of methoxy groups -OCH3 is 2. The zero-order valence-electron chi connectivity index (χ0n) is 16.7. The molecule has 2 heterocycles. The third kappa shape index (κ3) is 3.69. The van der Waals surface area contributed by atoms with Crippen molar-refractivity contribution >= 4 is 44.3 Å². The van der Waals surface area contributed by atoms with Gasteiger partial charge in [-0.1, -0.05) is 23.5 Å². The van der Waals surface area contributed by atoms with Gasteiger partial charge >= 0.3 is 5.97 Å². The van der Waals surface area contributed by atoms with E-state index >= 15 is 0 Å². The molecule has 2 aromatic carbocycles. The molecule has 0 saturated heterocycles. The zero-order chi connectivity index (χ0) is 21.3. The molecule has 0 atom stereocenters. The van der Waals surface area contributed by atoms with Crippen LogP contribution in [0.25, 0.3) is 21.1 Å². The summed E-state index contributed by atoms with van der Waals surface area (Å²) in [4.78, 5) is 34.1. The number of para-hydroxylation sites is 1. The molecule has 0 spiro atoms. The van der Waals surface area contributed by atoms with Crippen LogP contribution in [-0.2, 0) is 16.1 Å². The monoisotopic (exact) mass is 421 g/mol. The Morgan fingerprint density at radius 1 is 1.13 bits per heavy atom. The summed E-state index contributed by atoms with van der Waals surface area (Å²) in [7, 11) is 2.88. The number of amides is 1. The molecule has 0 aliphatic rings. The number of pyridine rings is 1. The number of aryl methyl sites for hydroxylation is 1. The molecular formula is C22H19N3O4S. The smallest absolute Gasteiger partial charge is 0.325 e. The summed E-state index contributed by atoms with van der Waals surface area (Å²) in [5.74, 6) is -0.253. The normalized spacial score (nSPS) is 11.8. The number of fused-ring (bicyclic) bond motifs is 2. The van der Waals surface area contributed by atoms with E-state index in [4.69, 9.17) is 9.47 Å². The standard InChI is InChI=1S/C22H19N3O4S/c1-13-7-8-14-11-15(9-10-16(14)23-13)21(27)24-22-25(12-19(26)29-3)20-17(28-2)5-4-6-18(20)30-22/h4-11H,12H2,1-3H3. The Morgan fingerprint density at radius 2 is 1.97 bits per heavy atom. The molecule has 7 nitrogen and oxygen atoms in total. The highest BCUT2D eigenvalue weighted by atomic mass is 32.1. The molecule has 0 unspecified atom stereocenters. The Balaban J connectivity index is 1.85. The fraction of sp³-hybridized carbons (Fsp3) is 0.182. The molecule has 0 fully saturated rings. The van der Waals surface area contributed by atoms with E-state index < -0.39 is 11.9 Å². The summed E-state index contributed by atoms with van der Waals surface area (Å²) < 4.78 is 12.8. The minimum Gasteiger partial charge on any atom is -0.495 e. The van der Waals surface area contributed by atoms with Crippen molar-refractivity contribution in [3.63, 3.8) is 0 Å². The predicted octanol–water partition coefficient (Wildman–Crippen LogP) is 3.48. The first kappa shape index (κ1) is 19.8. The van der Waals surface area contributed by atoms with E-state index in [1.165, 1.54) is 18.4 Å². The van der Waals surface area contributed by atoms with Crippen molar-refractivity contribution in [2.45, 2.75) is 13.5 Å². The van der Waals surface area contributed by atoms with Crippen molar-refractivity contribution in [1.29, 1.82) is 0 Å². The molecule has 1 amide bonds. The second-order valence-corrected chi connectivity index (χ2v) is 7.64. The van der Waals surface area contributed by atoms with Gasteiger partial charge in [0.15, 0.2) is 4.80 Å². The van der Waals surface area contributed by atoms with E-state index in [0.717, 1.165) is 21.3 Å². The Morgan fingerprint density at radius 3 is 2.73 bits per heavy atom. The van der Waals surface area contributed by atoms with Crippen molar-refractivity contribution in [3.8, 4) is 5.75 Å².